The Hall–Kier alpha value is -2.34. The summed E-state index contributed by atoms with van der Waals surface area (Å²) in [6, 6.07) is 7.57. The maximum Gasteiger partial charge on any atom is 0.273 e. The molecule has 2 aromatic rings. The first-order chi connectivity index (χ1) is 9.99. The van der Waals surface area contributed by atoms with E-state index in [4.69, 9.17) is 21.1 Å². The first kappa shape index (κ1) is 15.1. The predicted molar refractivity (Wildman–Crippen MR) is 78.0 cm³/mol. The van der Waals surface area contributed by atoms with E-state index >= 15 is 0 Å². The zero-order chi connectivity index (χ0) is 15.4. The molecule has 0 bridgehead atoms. The number of rotatable bonds is 5. The lowest BCUT2D eigenvalue weighted by Crippen LogP contribution is -2.01. The molecule has 0 fully saturated rings. The van der Waals surface area contributed by atoms with Crippen LogP contribution in [0.2, 0.25) is 5.02 Å². The van der Waals surface area contributed by atoms with Gasteiger partial charge in [-0.15, -0.1) is 0 Å². The van der Waals surface area contributed by atoms with Gasteiger partial charge in [-0.3, -0.25) is 15.1 Å². The number of pyridine rings is 1. The van der Waals surface area contributed by atoms with Gasteiger partial charge in [0.1, 0.15) is 18.1 Å². The molecule has 2 rings (SSSR count). The number of aromatic nitrogens is 1. The molecule has 6 nitrogen and oxygen atoms in total. The van der Waals surface area contributed by atoms with Gasteiger partial charge < -0.3 is 9.47 Å². The number of hydrogen-bond acceptors (Lipinski definition) is 5. The number of ether oxygens (including phenoxy) is 2. The van der Waals surface area contributed by atoms with Crippen molar-refractivity contribution < 1.29 is 14.4 Å². The summed E-state index contributed by atoms with van der Waals surface area (Å²) in [7, 11) is 1.57. The molecule has 1 aromatic heterocycles. The first-order valence-electron chi connectivity index (χ1n) is 6.08. The van der Waals surface area contributed by atoms with Gasteiger partial charge in [0.2, 0.25) is 0 Å². The highest BCUT2D eigenvalue weighted by atomic mass is 35.5. The van der Waals surface area contributed by atoms with Crippen molar-refractivity contribution in [3.8, 4) is 11.5 Å². The second-order valence-corrected chi connectivity index (χ2v) is 4.71. The molecule has 0 aliphatic carbocycles. The van der Waals surface area contributed by atoms with E-state index in [0.717, 1.165) is 5.69 Å². The van der Waals surface area contributed by atoms with Gasteiger partial charge in [0.05, 0.1) is 28.8 Å². The molecule has 0 aliphatic heterocycles. The van der Waals surface area contributed by atoms with Crippen molar-refractivity contribution >= 4 is 17.3 Å². The summed E-state index contributed by atoms with van der Waals surface area (Å²) in [5.74, 6) is 0.916. The maximum absolute atomic E-state index is 10.7. The number of methoxy groups -OCH3 is 1. The average Bonchev–Trinajstić information content (AvgIpc) is 2.45. The molecule has 0 N–H and O–H groups in total. The van der Waals surface area contributed by atoms with Crippen molar-refractivity contribution in [1.29, 1.82) is 0 Å². The molecule has 21 heavy (non-hydrogen) atoms. The topological polar surface area (TPSA) is 74.5 Å². The molecule has 1 heterocycles. The number of nitrogens with zero attached hydrogens (tertiary/aromatic N) is 2. The van der Waals surface area contributed by atoms with Crippen LogP contribution in [0.5, 0.6) is 11.5 Å². The van der Waals surface area contributed by atoms with Crippen molar-refractivity contribution in [2.75, 3.05) is 7.11 Å². The lowest BCUT2D eigenvalue weighted by Gasteiger charge is -2.09. The van der Waals surface area contributed by atoms with Gasteiger partial charge in [-0.05, 0) is 13.0 Å². The first-order valence-corrected chi connectivity index (χ1v) is 6.45. The van der Waals surface area contributed by atoms with Gasteiger partial charge in [-0.2, -0.15) is 0 Å². The molecule has 7 heteroatoms. The summed E-state index contributed by atoms with van der Waals surface area (Å²) >= 11 is 5.96. The Morgan fingerprint density at radius 3 is 2.76 bits per heavy atom. The third kappa shape index (κ3) is 3.82. The Morgan fingerprint density at radius 1 is 1.33 bits per heavy atom. The normalized spacial score (nSPS) is 10.2. The molecule has 0 radical (unpaired) electrons. The van der Waals surface area contributed by atoms with E-state index in [9.17, 15) is 10.1 Å². The molecule has 0 saturated carbocycles. The van der Waals surface area contributed by atoms with Crippen molar-refractivity contribution in [2.45, 2.75) is 13.5 Å². The van der Waals surface area contributed by atoms with Gasteiger partial charge in [-0.25, -0.2) is 0 Å². The molecule has 0 saturated heterocycles. The van der Waals surface area contributed by atoms with Crippen molar-refractivity contribution in [3.63, 3.8) is 0 Å². The fourth-order valence-corrected chi connectivity index (χ4v) is 1.93. The Balaban J connectivity index is 2.18. The van der Waals surface area contributed by atoms with E-state index in [1.807, 2.05) is 6.92 Å². The van der Waals surface area contributed by atoms with E-state index < -0.39 is 4.92 Å². The Morgan fingerprint density at radius 2 is 2.10 bits per heavy atom. The molecular weight excluding hydrogens is 296 g/mol. The molecule has 0 unspecified atom stereocenters. The fourth-order valence-electron chi connectivity index (χ4n) is 1.76. The monoisotopic (exact) mass is 308 g/mol. The van der Waals surface area contributed by atoms with E-state index in [1.165, 1.54) is 18.2 Å². The highest BCUT2D eigenvalue weighted by Gasteiger charge is 2.11. The second kappa shape index (κ2) is 6.41. The van der Waals surface area contributed by atoms with Crippen molar-refractivity contribution in [3.05, 3.63) is 56.9 Å². The van der Waals surface area contributed by atoms with Gasteiger partial charge in [-0.1, -0.05) is 11.6 Å². The van der Waals surface area contributed by atoms with E-state index in [2.05, 4.69) is 4.98 Å². The van der Waals surface area contributed by atoms with Crippen molar-refractivity contribution in [1.82, 2.24) is 4.98 Å². The van der Waals surface area contributed by atoms with Gasteiger partial charge >= 0.3 is 0 Å². The van der Waals surface area contributed by atoms with Crippen LogP contribution in [0.15, 0.2) is 30.3 Å². The van der Waals surface area contributed by atoms with E-state index in [-0.39, 0.29) is 18.0 Å². The summed E-state index contributed by atoms with van der Waals surface area (Å²) in [6.07, 6.45) is 0. The van der Waals surface area contributed by atoms with Crippen LogP contribution in [-0.2, 0) is 6.61 Å². The number of nitro groups is 1. The molecule has 1 aromatic carbocycles. The Bertz CT molecular complexity index is 676. The molecular formula is C14H13ClN2O4. The highest BCUT2D eigenvalue weighted by molar-refractivity contribution is 6.32. The van der Waals surface area contributed by atoms with E-state index in [1.54, 1.807) is 19.2 Å². The summed E-state index contributed by atoms with van der Waals surface area (Å²) in [5.41, 5.74) is 1.36. The van der Waals surface area contributed by atoms with E-state index in [0.29, 0.717) is 16.5 Å². The van der Waals surface area contributed by atoms with Gasteiger partial charge in [0.15, 0.2) is 0 Å². The molecule has 0 spiro atoms. The fraction of sp³-hybridized carbons (Fsp3) is 0.214. The number of halogens is 1. The third-order valence-electron chi connectivity index (χ3n) is 2.72. The quantitative estimate of drug-likeness (QED) is 0.624. The number of hydrogen-bond donors (Lipinski definition) is 0. The standard InChI is InChI=1S/C14H13ClN2O4/c1-9-5-12(20-2)6-10(16-9)8-21-14-7-11(17(18)19)3-4-13(14)15/h3-7H,8H2,1-2H3. The summed E-state index contributed by atoms with van der Waals surface area (Å²) in [6.45, 7) is 1.98. The molecule has 0 aliphatic rings. The summed E-state index contributed by atoms with van der Waals surface area (Å²) in [4.78, 5) is 14.5. The Labute approximate surface area is 126 Å². The minimum atomic E-state index is -0.503. The number of nitro benzene ring substituents is 1. The van der Waals surface area contributed by atoms with Gasteiger partial charge in [0, 0.05) is 23.9 Å². The minimum absolute atomic E-state index is 0.0795. The van der Waals surface area contributed by atoms with Crippen LogP contribution in [0, 0.1) is 17.0 Å². The molecule has 0 atom stereocenters. The molecule has 0 amide bonds. The van der Waals surface area contributed by atoms with Crippen LogP contribution < -0.4 is 9.47 Å². The minimum Gasteiger partial charge on any atom is -0.497 e. The van der Waals surface area contributed by atoms with Crippen molar-refractivity contribution in [2.24, 2.45) is 0 Å². The van der Waals surface area contributed by atoms with Crippen LogP contribution >= 0.6 is 11.6 Å². The second-order valence-electron chi connectivity index (χ2n) is 4.30. The molecule has 110 valence electrons. The number of aryl methyl sites for hydroxylation is 1. The summed E-state index contributed by atoms with van der Waals surface area (Å²) < 4.78 is 10.7. The van der Waals surface area contributed by atoms with Crippen LogP contribution in [0.4, 0.5) is 5.69 Å². The zero-order valence-electron chi connectivity index (χ0n) is 11.5. The third-order valence-corrected chi connectivity index (χ3v) is 3.03. The maximum atomic E-state index is 10.7. The summed E-state index contributed by atoms with van der Waals surface area (Å²) in [5, 5.41) is 11.1. The predicted octanol–water partition coefficient (Wildman–Crippen LogP) is 3.54. The largest absolute Gasteiger partial charge is 0.497 e. The van der Waals surface area contributed by atoms with Gasteiger partial charge in [0.25, 0.3) is 5.69 Å². The Kier molecular flexibility index (Phi) is 4.59. The smallest absolute Gasteiger partial charge is 0.273 e. The lowest BCUT2D eigenvalue weighted by atomic mass is 10.3. The number of benzene rings is 1. The van der Waals surface area contributed by atoms with Crippen LogP contribution in [0.25, 0.3) is 0 Å². The van der Waals surface area contributed by atoms with Crippen LogP contribution in [0.1, 0.15) is 11.4 Å². The zero-order valence-corrected chi connectivity index (χ0v) is 12.3. The number of non-ortho nitro benzene ring substituents is 1. The van der Waals surface area contributed by atoms with Crippen LogP contribution in [-0.4, -0.2) is 17.0 Å². The SMILES string of the molecule is COc1cc(C)nc(COc2cc([N+](=O)[O-])ccc2Cl)c1. The lowest BCUT2D eigenvalue weighted by molar-refractivity contribution is -0.384. The highest BCUT2D eigenvalue weighted by Crippen LogP contribution is 2.29. The average molecular weight is 309 g/mol. The van der Waals surface area contributed by atoms with Crippen LogP contribution in [0.3, 0.4) is 0 Å².